The first-order valence-electron chi connectivity index (χ1n) is 9.06. The molecule has 2 amide bonds. The molecule has 3 aromatic carbocycles. The van der Waals surface area contributed by atoms with Crippen molar-refractivity contribution in [2.24, 2.45) is 0 Å². The van der Waals surface area contributed by atoms with Crippen LogP contribution >= 0.6 is 11.6 Å². The maximum Gasteiger partial charge on any atom is 0.251 e. The standard InChI is InChI=1S/C23H21ClN2O2/c24-20-13-11-18(12-14-20)22(17-7-3-1-4-8-17)26-21(27)15-16-25-23(28)19-9-5-2-6-10-19/h1-14,22H,15-16H2,(H,25,28)(H,26,27). The molecule has 0 bridgehead atoms. The Bertz CT molecular complexity index is 912. The molecular formula is C23H21ClN2O2. The van der Waals surface area contributed by atoms with E-state index in [0.717, 1.165) is 11.1 Å². The number of hydrogen-bond donors (Lipinski definition) is 2. The molecule has 0 saturated carbocycles. The molecule has 0 aliphatic carbocycles. The summed E-state index contributed by atoms with van der Waals surface area (Å²) in [7, 11) is 0. The number of hydrogen-bond acceptors (Lipinski definition) is 2. The second-order valence-corrected chi connectivity index (χ2v) is 6.77. The van der Waals surface area contributed by atoms with Crippen molar-refractivity contribution in [1.82, 2.24) is 10.6 Å². The van der Waals surface area contributed by atoms with Crippen LogP contribution in [-0.4, -0.2) is 18.4 Å². The molecule has 0 aliphatic heterocycles. The summed E-state index contributed by atoms with van der Waals surface area (Å²) in [6, 6.07) is 25.8. The van der Waals surface area contributed by atoms with Crippen LogP contribution in [0.4, 0.5) is 0 Å². The van der Waals surface area contributed by atoms with E-state index in [0.29, 0.717) is 10.6 Å². The van der Waals surface area contributed by atoms with Gasteiger partial charge in [0, 0.05) is 23.6 Å². The number of rotatable bonds is 7. The first-order valence-corrected chi connectivity index (χ1v) is 9.44. The van der Waals surface area contributed by atoms with Gasteiger partial charge in [-0.05, 0) is 35.4 Å². The highest BCUT2D eigenvalue weighted by atomic mass is 35.5. The van der Waals surface area contributed by atoms with Gasteiger partial charge in [-0.15, -0.1) is 0 Å². The van der Waals surface area contributed by atoms with Crippen LogP contribution in [-0.2, 0) is 4.79 Å². The Kier molecular flexibility index (Phi) is 6.82. The third-order valence-corrected chi connectivity index (χ3v) is 4.57. The van der Waals surface area contributed by atoms with E-state index in [1.807, 2.05) is 48.5 Å². The molecule has 28 heavy (non-hydrogen) atoms. The first kappa shape index (κ1) is 19.6. The topological polar surface area (TPSA) is 58.2 Å². The SMILES string of the molecule is O=C(CCNC(=O)c1ccccc1)NC(c1ccccc1)c1ccc(Cl)cc1. The van der Waals surface area contributed by atoms with Crippen molar-refractivity contribution in [3.8, 4) is 0 Å². The van der Waals surface area contributed by atoms with Crippen LogP contribution in [0.2, 0.25) is 5.02 Å². The van der Waals surface area contributed by atoms with E-state index in [1.54, 1.807) is 36.4 Å². The van der Waals surface area contributed by atoms with Crippen LogP contribution in [0.1, 0.15) is 33.9 Å². The van der Waals surface area contributed by atoms with Gasteiger partial charge in [0.25, 0.3) is 5.91 Å². The second-order valence-electron chi connectivity index (χ2n) is 6.33. The van der Waals surface area contributed by atoms with E-state index < -0.39 is 0 Å². The highest BCUT2D eigenvalue weighted by molar-refractivity contribution is 6.30. The highest BCUT2D eigenvalue weighted by Crippen LogP contribution is 2.23. The number of benzene rings is 3. The summed E-state index contributed by atoms with van der Waals surface area (Å²) in [4.78, 5) is 24.6. The van der Waals surface area contributed by atoms with Crippen LogP contribution < -0.4 is 10.6 Å². The molecule has 0 aliphatic rings. The predicted molar refractivity (Wildman–Crippen MR) is 111 cm³/mol. The largest absolute Gasteiger partial charge is 0.352 e. The fraction of sp³-hybridized carbons (Fsp3) is 0.130. The average Bonchev–Trinajstić information content (AvgIpc) is 2.74. The quantitative estimate of drug-likeness (QED) is 0.627. The number of carbonyl (C=O) groups is 2. The Morgan fingerprint density at radius 3 is 2.00 bits per heavy atom. The van der Waals surface area contributed by atoms with Crippen molar-refractivity contribution < 1.29 is 9.59 Å². The van der Waals surface area contributed by atoms with Gasteiger partial charge in [-0.25, -0.2) is 0 Å². The van der Waals surface area contributed by atoms with Crippen molar-refractivity contribution in [3.05, 3.63) is 107 Å². The Morgan fingerprint density at radius 2 is 1.36 bits per heavy atom. The molecule has 0 saturated heterocycles. The summed E-state index contributed by atoms with van der Waals surface area (Å²) in [5, 5.41) is 6.47. The Labute approximate surface area is 169 Å². The van der Waals surface area contributed by atoms with Crippen LogP contribution in [0.25, 0.3) is 0 Å². The highest BCUT2D eigenvalue weighted by Gasteiger charge is 2.17. The van der Waals surface area contributed by atoms with Crippen LogP contribution in [0.5, 0.6) is 0 Å². The van der Waals surface area contributed by atoms with E-state index in [-0.39, 0.29) is 30.8 Å². The molecule has 1 unspecified atom stereocenters. The Hall–Kier alpha value is -3.11. The molecule has 0 heterocycles. The predicted octanol–water partition coefficient (Wildman–Crippen LogP) is 4.37. The molecule has 0 radical (unpaired) electrons. The third-order valence-electron chi connectivity index (χ3n) is 4.32. The van der Waals surface area contributed by atoms with Gasteiger partial charge in [0.2, 0.25) is 5.91 Å². The van der Waals surface area contributed by atoms with Crippen molar-refractivity contribution in [3.63, 3.8) is 0 Å². The summed E-state index contributed by atoms with van der Waals surface area (Å²) in [5.41, 5.74) is 2.50. The number of halogens is 1. The second kappa shape index (κ2) is 9.72. The van der Waals surface area contributed by atoms with E-state index in [4.69, 9.17) is 11.6 Å². The minimum absolute atomic E-state index is 0.142. The average molecular weight is 393 g/mol. The summed E-state index contributed by atoms with van der Waals surface area (Å²) in [5.74, 6) is -0.331. The lowest BCUT2D eigenvalue weighted by atomic mass is 9.98. The van der Waals surface area contributed by atoms with Crippen LogP contribution in [0.3, 0.4) is 0 Å². The van der Waals surface area contributed by atoms with E-state index in [2.05, 4.69) is 10.6 Å². The summed E-state index contributed by atoms with van der Waals surface area (Å²) in [6.45, 7) is 0.266. The van der Waals surface area contributed by atoms with Gasteiger partial charge >= 0.3 is 0 Å². The van der Waals surface area contributed by atoms with E-state index >= 15 is 0 Å². The lowest BCUT2D eigenvalue weighted by molar-refractivity contribution is -0.121. The van der Waals surface area contributed by atoms with Gasteiger partial charge in [0.15, 0.2) is 0 Å². The summed E-state index contributed by atoms with van der Waals surface area (Å²) < 4.78 is 0. The van der Waals surface area contributed by atoms with Crippen molar-refractivity contribution in [2.45, 2.75) is 12.5 Å². The van der Waals surface area contributed by atoms with Crippen molar-refractivity contribution in [1.29, 1.82) is 0 Å². The van der Waals surface area contributed by atoms with Gasteiger partial charge in [0.05, 0.1) is 6.04 Å². The third kappa shape index (κ3) is 5.44. The fourth-order valence-electron chi connectivity index (χ4n) is 2.87. The lowest BCUT2D eigenvalue weighted by Crippen LogP contribution is -2.33. The number of nitrogens with one attached hydrogen (secondary N) is 2. The molecule has 0 spiro atoms. The molecule has 0 fully saturated rings. The van der Waals surface area contributed by atoms with Crippen LogP contribution in [0.15, 0.2) is 84.9 Å². The molecule has 142 valence electrons. The molecule has 0 aromatic heterocycles. The number of amides is 2. The van der Waals surface area contributed by atoms with E-state index in [9.17, 15) is 9.59 Å². The molecule has 3 rings (SSSR count). The smallest absolute Gasteiger partial charge is 0.251 e. The molecule has 1 atom stereocenters. The lowest BCUT2D eigenvalue weighted by Gasteiger charge is -2.20. The van der Waals surface area contributed by atoms with Gasteiger partial charge in [-0.3, -0.25) is 9.59 Å². The summed E-state index contributed by atoms with van der Waals surface area (Å²) >= 11 is 5.99. The van der Waals surface area contributed by atoms with Gasteiger partial charge < -0.3 is 10.6 Å². The maximum absolute atomic E-state index is 12.5. The minimum atomic E-state index is -0.282. The van der Waals surface area contributed by atoms with Crippen molar-refractivity contribution in [2.75, 3.05) is 6.54 Å². The monoisotopic (exact) mass is 392 g/mol. The van der Waals surface area contributed by atoms with Gasteiger partial charge in [-0.2, -0.15) is 0 Å². The zero-order chi connectivity index (χ0) is 19.8. The molecular weight excluding hydrogens is 372 g/mol. The Balaban J connectivity index is 1.61. The zero-order valence-electron chi connectivity index (χ0n) is 15.3. The van der Waals surface area contributed by atoms with Gasteiger partial charge in [0.1, 0.15) is 0 Å². The zero-order valence-corrected chi connectivity index (χ0v) is 16.0. The molecule has 3 aromatic rings. The van der Waals surface area contributed by atoms with E-state index in [1.165, 1.54) is 0 Å². The van der Waals surface area contributed by atoms with Crippen LogP contribution in [0, 0.1) is 0 Å². The maximum atomic E-state index is 12.5. The van der Waals surface area contributed by atoms with Crippen molar-refractivity contribution >= 4 is 23.4 Å². The molecule has 4 nitrogen and oxygen atoms in total. The summed E-state index contributed by atoms with van der Waals surface area (Å²) in [6.07, 6.45) is 0.190. The minimum Gasteiger partial charge on any atom is -0.352 e. The normalized spacial score (nSPS) is 11.5. The Morgan fingerprint density at radius 1 is 0.786 bits per heavy atom. The van der Waals surface area contributed by atoms with Gasteiger partial charge in [-0.1, -0.05) is 72.3 Å². The molecule has 5 heteroatoms. The fourth-order valence-corrected chi connectivity index (χ4v) is 3.00. The number of carbonyl (C=O) groups excluding carboxylic acids is 2. The molecule has 2 N–H and O–H groups in total. The first-order chi connectivity index (χ1) is 13.6.